The van der Waals surface area contributed by atoms with E-state index < -0.39 is 5.97 Å². The first-order chi connectivity index (χ1) is 6.16. The highest BCUT2D eigenvalue weighted by Crippen LogP contribution is 1.89. The Morgan fingerprint density at radius 1 is 1.38 bits per heavy atom. The number of rotatable bonds is 8. The molecule has 0 saturated carbocycles. The number of ketones is 1. The van der Waals surface area contributed by atoms with Crippen LogP contribution >= 0.6 is 0 Å². The zero-order chi connectivity index (χ0) is 10.1. The number of aliphatic carboxylic acids is 1. The third-order valence-electron chi connectivity index (χ3n) is 1.47. The molecule has 0 aromatic heterocycles. The van der Waals surface area contributed by atoms with Gasteiger partial charge in [0.2, 0.25) is 0 Å². The van der Waals surface area contributed by atoms with Crippen molar-refractivity contribution < 1.29 is 14.7 Å². The molecule has 0 radical (unpaired) electrons. The molecular weight excluding hydrogens is 170 g/mol. The molecule has 0 aromatic rings. The summed E-state index contributed by atoms with van der Waals surface area (Å²) in [7, 11) is 0. The van der Waals surface area contributed by atoms with Crippen LogP contribution in [0.2, 0.25) is 0 Å². The van der Waals surface area contributed by atoms with E-state index in [-0.39, 0.29) is 25.2 Å². The summed E-state index contributed by atoms with van der Waals surface area (Å²) in [4.78, 5) is 21.1. The fourth-order valence-electron chi connectivity index (χ4n) is 0.767. The number of carbonyl (C=O) groups is 2. The Balaban J connectivity index is 3.30. The Hall–Kier alpha value is -1.16. The average Bonchev–Trinajstić information content (AvgIpc) is 2.09. The van der Waals surface area contributed by atoms with Gasteiger partial charge in [-0.1, -0.05) is 6.08 Å². The standard InChI is InChI=1S/C9H15NO3/c1-2-3-6-10-7-8(11)4-5-9(12)13/h2,10H,1,3-7H2,(H,12,13). The predicted molar refractivity (Wildman–Crippen MR) is 49.6 cm³/mol. The molecule has 0 saturated heterocycles. The molecule has 0 bridgehead atoms. The molecule has 4 heteroatoms. The first-order valence-corrected chi connectivity index (χ1v) is 4.22. The van der Waals surface area contributed by atoms with Crippen LogP contribution in [0.4, 0.5) is 0 Å². The zero-order valence-electron chi connectivity index (χ0n) is 7.58. The van der Waals surface area contributed by atoms with Crippen LogP contribution in [0.15, 0.2) is 12.7 Å². The van der Waals surface area contributed by atoms with Gasteiger partial charge in [0.1, 0.15) is 5.78 Å². The van der Waals surface area contributed by atoms with Crippen LogP contribution in [0.3, 0.4) is 0 Å². The van der Waals surface area contributed by atoms with Gasteiger partial charge in [-0.15, -0.1) is 6.58 Å². The van der Waals surface area contributed by atoms with Gasteiger partial charge in [0.05, 0.1) is 13.0 Å². The van der Waals surface area contributed by atoms with Crippen molar-refractivity contribution in [1.82, 2.24) is 5.32 Å². The van der Waals surface area contributed by atoms with Crippen LogP contribution in [-0.2, 0) is 9.59 Å². The van der Waals surface area contributed by atoms with Crippen molar-refractivity contribution in [3.63, 3.8) is 0 Å². The third kappa shape index (κ3) is 8.75. The lowest BCUT2D eigenvalue weighted by Crippen LogP contribution is -2.23. The molecule has 0 unspecified atom stereocenters. The molecule has 0 heterocycles. The fraction of sp³-hybridized carbons (Fsp3) is 0.556. The van der Waals surface area contributed by atoms with Crippen LogP contribution in [0.25, 0.3) is 0 Å². The van der Waals surface area contributed by atoms with E-state index >= 15 is 0 Å². The van der Waals surface area contributed by atoms with Crippen LogP contribution in [0, 0.1) is 0 Å². The molecular formula is C9H15NO3. The van der Waals surface area contributed by atoms with Crippen molar-refractivity contribution in [3.05, 3.63) is 12.7 Å². The summed E-state index contributed by atoms with van der Waals surface area (Å²) in [5.41, 5.74) is 0. The number of hydrogen-bond acceptors (Lipinski definition) is 3. The quantitative estimate of drug-likeness (QED) is 0.429. The molecule has 0 aromatic carbocycles. The Kier molecular flexibility index (Phi) is 6.82. The van der Waals surface area contributed by atoms with Gasteiger partial charge in [-0.05, 0) is 13.0 Å². The summed E-state index contributed by atoms with van der Waals surface area (Å²) in [5, 5.41) is 11.2. The Bertz CT molecular complexity index is 189. The number of hydrogen-bond donors (Lipinski definition) is 2. The Morgan fingerprint density at radius 2 is 2.08 bits per heavy atom. The highest BCUT2D eigenvalue weighted by molar-refractivity contribution is 5.83. The van der Waals surface area contributed by atoms with E-state index in [1.54, 1.807) is 6.08 Å². The average molecular weight is 185 g/mol. The molecule has 4 nitrogen and oxygen atoms in total. The van der Waals surface area contributed by atoms with Crippen molar-refractivity contribution in [2.45, 2.75) is 19.3 Å². The first kappa shape index (κ1) is 11.8. The Labute approximate surface area is 77.6 Å². The highest BCUT2D eigenvalue weighted by Gasteiger charge is 2.03. The van der Waals surface area contributed by atoms with E-state index in [0.29, 0.717) is 6.54 Å². The smallest absolute Gasteiger partial charge is 0.303 e. The van der Waals surface area contributed by atoms with E-state index in [0.717, 1.165) is 6.42 Å². The van der Waals surface area contributed by atoms with Crippen molar-refractivity contribution in [1.29, 1.82) is 0 Å². The van der Waals surface area contributed by atoms with E-state index in [1.165, 1.54) is 0 Å². The number of carbonyl (C=O) groups excluding carboxylic acids is 1. The van der Waals surface area contributed by atoms with Gasteiger partial charge in [-0.2, -0.15) is 0 Å². The maximum absolute atomic E-state index is 11.0. The van der Waals surface area contributed by atoms with Crippen LogP contribution in [0.5, 0.6) is 0 Å². The predicted octanol–water partition coefficient (Wildman–Crippen LogP) is 0.586. The van der Waals surface area contributed by atoms with Gasteiger partial charge in [-0.25, -0.2) is 0 Å². The molecule has 0 amide bonds. The monoisotopic (exact) mass is 185 g/mol. The van der Waals surface area contributed by atoms with Gasteiger partial charge in [0.25, 0.3) is 0 Å². The largest absolute Gasteiger partial charge is 0.481 e. The molecule has 0 spiro atoms. The van der Waals surface area contributed by atoms with Crippen molar-refractivity contribution >= 4 is 11.8 Å². The van der Waals surface area contributed by atoms with E-state index in [2.05, 4.69) is 11.9 Å². The van der Waals surface area contributed by atoms with Crippen LogP contribution in [-0.4, -0.2) is 29.9 Å². The maximum atomic E-state index is 11.0. The SMILES string of the molecule is C=CCCNCC(=O)CCC(=O)O. The molecule has 0 rings (SSSR count). The molecule has 0 aliphatic rings. The molecule has 0 fully saturated rings. The number of carboxylic acids is 1. The normalized spacial score (nSPS) is 9.54. The van der Waals surface area contributed by atoms with Crippen molar-refractivity contribution in [3.8, 4) is 0 Å². The minimum Gasteiger partial charge on any atom is -0.481 e. The summed E-state index contributed by atoms with van der Waals surface area (Å²) in [6.07, 6.45) is 2.60. The number of nitrogens with one attached hydrogen (secondary N) is 1. The first-order valence-electron chi connectivity index (χ1n) is 4.22. The highest BCUT2D eigenvalue weighted by atomic mass is 16.4. The minimum absolute atomic E-state index is 0.0635. The third-order valence-corrected chi connectivity index (χ3v) is 1.47. The molecule has 0 aliphatic heterocycles. The van der Waals surface area contributed by atoms with Crippen molar-refractivity contribution in [2.75, 3.05) is 13.1 Å². The zero-order valence-corrected chi connectivity index (χ0v) is 7.58. The van der Waals surface area contributed by atoms with E-state index in [9.17, 15) is 9.59 Å². The summed E-state index contributed by atoms with van der Waals surface area (Å²) < 4.78 is 0. The van der Waals surface area contributed by atoms with E-state index in [4.69, 9.17) is 5.11 Å². The molecule has 0 atom stereocenters. The van der Waals surface area contributed by atoms with Gasteiger partial charge in [0, 0.05) is 6.42 Å². The van der Waals surface area contributed by atoms with Gasteiger partial charge in [0.15, 0.2) is 0 Å². The van der Waals surface area contributed by atoms with Gasteiger partial charge in [-0.3, -0.25) is 9.59 Å². The second kappa shape index (κ2) is 7.49. The summed E-state index contributed by atoms with van der Waals surface area (Å²) in [5.74, 6) is -0.995. The van der Waals surface area contributed by atoms with E-state index in [1.807, 2.05) is 0 Å². The van der Waals surface area contributed by atoms with Crippen LogP contribution in [0.1, 0.15) is 19.3 Å². The lowest BCUT2D eigenvalue weighted by Gasteiger charge is -2.00. The summed E-state index contributed by atoms with van der Waals surface area (Å²) >= 11 is 0. The van der Waals surface area contributed by atoms with Crippen molar-refractivity contribution in [2.24, 2.45) is 0 Å². The summed E-state index contributed by atoms with van der Waals surface area (Å²) in [6, 6.07) is 0. The molecule has 74 valence electrons. The fourth-order valence-corrected chi connectivity index (χ4v) is 0.767. The van der Waals surface area contributed by atoms with Gasteiger partial charge < -0.3 is 10.4 Å². The molecule has 2 N–H and O–H groups in total. The topological polar surface area (TPSA) is 66.4 Å². The number of Topliss-reactive ketones (excluding diaryl/α,β-unsaturated/α-hetero) is 1. The maximum Gasteiger partial charge on any atom is 0.303 e. The molecule has 13 heavy (non-hydrogen) atoms. The second-order valence-corrected chi connectivity index (χ2v) is 2.69. The summed E-state index contributed by atoms with van der Waals surface area (Å²) in [6.45, 7) is 4.50. The van der Waals surface area contributed by atoms with Crippen LogP contribution < -0.4 is 5.32 Å². The minimum atomic E-state index is -0.931. The lowest BCUT2D eigenvalue weighted by molar-refractivity contribution is -0.138. The lowest BCUT2D eigenvalue weighted by atomic mass is 10.2. The number of carboxylic acid groups (broad SMARTS) is 1. The molecule has 0 aliphatic carbocycles. The Morgan fingerprint density at radius 3 is 2.62 bits per heavy atom. The second-order valence-electron chi connectivity index (χ2n) is 2.69. The van der Waals surface area contributed by atoms with Gasteiger partial charge >= 0.3 is 5.97 Å².